The number of H-pyrrole nitrogens is 1. The van der Waals surface area contributed by atoms with Crippen molar-refractivity contribution in [2.75, 3.05) is 0 Å². The molecule has 0 aromatic carbocycles. The molecule has 0 aliphatic rings. The van der Waals surface area contributed by atoms with Gasteiger partial charge in [-0.15, -0.1) is 0 Å². The minimum Gasteiger partial charge on any atom is -0.463 e. The minimum absolute atomic E-state index is 0.285. The standard InChI is InChI=1S/C13H10N4O3/c18-13(17-14-8-9-3-1-5-19-9)11-7-10(15-16-11)12-4-2-6-20-12/h1-8H,(H,15,16)(H,17,18)/b14-8+. The van der Waals surface area contributed by atoms with E-state index in [9.17, 15) is 4.79 Å². The van der Waals surface area contributed by atoms with Crippen LogP contribution in [0.25, 0.3) is 11.5 Å². The van der Waals surface area contributed by atoms with Gasteiger partial charge in [0.25, 0.3) is 5.91 Å². The number of hydrogen-bond acceptors (Lipinski definition) is 5. The summed E-state index contributed by atoms with van der Waals surface area (Å²) in [6, 6.07) is 8.54. The lowest BCUT2D eigenvalue weighted by atomic mass is 10.3. The molecule has 0 atom stereocenters. The zero-order chi connectivity index (χ0) is 13.8. The molecule has 3 aromatic rings. The zero-order valence-electron chi connectivity index (χ0n) is 10.2. The van der Waals surface area contributed by atoms with Gasteiger partial charge in [-0.3, -0.25) is 9.89 Å². The van der Waals surface area contributed by atoms with Gasteiger partial charge in [-0.2, -0.15) is 10.2 Å². The summed E-state index contributed by atoms with van der Waals surface area (Å²) >= 11 is 0. The molecule has 2 N–H and O–H groups in total. The summed E-state index contributed by atoms with van der Waals surface area (Å²) in [6.45, 7) is 0. The van der Waals surface area contributed by atoms with Gasteiger partial charge >= 0.3 is 0 Å². The Kier molecular flexibility index (Phi) is 3.15. The summed E-state index contributed by atoms with van der Waals surface area (Å²) in [7, 11) is 0. The molecule has 0 unspecified atom stereocenters. The van der Waals surface area contributed by atoms with Crippen molar-refractivity contribution in [1.82, 2.24) is 15.6 Å². The third-order valence-corrected chi connectivity index (χ3v) is 2.50. The van der Waals surface area contributed by atoms with Crippen molar-refractivity contribution >= 4 is 12.1 Å². The van der Waals surface area contributed by atoms with Gasteiger partial charge in [0.05, 0.1) is 18.7 Å². The molecular weight excluding hydrogens is 260 g/mol. The predicted molar refractivity (Wildman–Crippen MR) is 70.1 cm³/mol. The molecule has 0 spiro atoms. The van der Waals surface area contributed by atoms with E-state index in [1.54, 1.807) is 30.3 Å². The molecule has 3 rings (SSSR count). The van der Waals surface area contributed by atoms with E-state index in [1.807, 2.05) is 0 Å². The highest BCUT2D eigenvalue weighted by Gasteiger charge is 2.11. The SMILES string of the molecule is O=C(N/N=C/c1ccco1)c1cc(-c2ccco2)n[nH]1. The predicted octanol–water partition coefficient (Wildman–Crippen LogP) is 2.03. The number of aromatic amines is 1. The van der Waals surface area contributed by atoms with Crippen LogP contribution in [0, 0.1) is 0 Å². The highest BCUT2D eigenvalue weighted by molar-refractivity contribution is 5.93. The third kappa shape index (κ3) is 2.51. The fourth-order valence-corrected chi connectivity index (χ4v) is 1.57. The lowest BCUT2D eigenvalue weighted by molar-refractivity contribution is 0.0950. The summed E-state index contributed by atoms with van der Waals surface area (Å²) in [5.74, 6) is 0.726. The first-order valence-corrected chi connectivity index (χ1v) is 5.79. The topological polar surface area (TPSA) is 96.4 Å². The van der Waals surface area contributed by atoms with E-state index in [2.05, 4.69) is 20.7 Å². The highest BCUT2D eigenvalue weighted by atomic mass is 16.3. The van der Waals surface area contributed by atoms with E-state index in [1.165, 1.54) is 18.7 Å². The number of amides is 1. The normalized spacial score (nSPS) is 11.0. The Morgan fingerprint density at radius 1 is 1.30 bits per heavy atom. The van der Waals surface area contributed by atoms with E-state index < -0.39 is 5.91 Å². The molecule has 0 fully saturated rings. The average molecular weight is 270 g/mol. The van der Waals surface area contributed by atoms with E-state index in [-0.39, 0.29) is 5.69 Å². The van der Waals surface area contributed by atoms with Crippen LogP contribution in [0.1, 0.15) is 16.2 Å². The van der Waals surface area contributed by atoms with Crippen molar-refractivity contribution in [3.8, 4) is 11.5 Å². The second kappa shape index (κ2) is 5.27. The Bertz CT molecular complexity index is 711. The maximum atomic E-state index is 11.8. The van der Waals surface area contributed by atoms with E-state index in [0.717, 1.165) is 0 Å². The highest BCUT2D eigenvalue weighted by Crippen LogP contribution is 2.17. The smallest absolute Gasteiger partial charge is 0.289 e. The molecule has 0 aliphatic heterocycles. The summed E-state index contributed by atoms with van der Waals surface area (Å²) in [5, 5.41) is 10.4. The summed E-state index contributed by atoms with van der Waals surface area (Å²) in [4.78, 5) is 11.8. The lowest BCUT2D eigenvalue weighted by Crippen LogP contribution is -2.17. The van der Waals surface area contributed by atoms with Crippen molar-refractivity contribution in [1.29, 1.82) is 0 Å². The number of aromatic nitrogens is 2. The molecule has 7 heteroatoms. The molecule has 0 saturated carbocycles. The fraction of sp³-hybridized carbons (Fsp3) is 0. The summed E-state index contributed by atoms with van der Waals surface area (Å²) < 4.78 is 10.2. The lowest BCUT2D eigenvalue weighted by Gasteiger charge is -1.93. The number of hydrogen-bond donors (Lipinski definition) is 2. The van der Waals surface area contributed by atoms with Crippen LogP contribution in [0.5, 0.6) is 0 Å². The molecule has 0 saturated heterocycles. The van der Waals surface area contributed by atoms with Crippen molar-refractivity contribution in [3.05, 3.63) is 54.3 Å². The van der Waals surface area contributed by atoms with E-state index in [0.29, 0.717) is 17.2 Å². The Hall–Kier alpha value is -3.09. The second-order valence-corrected chi connectivity index (χ2v) is 3.86. The largest absolute Gasteiger partial charge is 0.463 e. The Morgan fingerprint density at radius 2 is 2.15 bits per heavy atom. The van der Waals surface area contributed by atoms with Crippen molar-refractivity contribution in [3.63, 3.8) is 0 Å². The number of carbonyl (C=O) groups excluding carboxylic acids is 1. The van der Waals surface area contributed by atoms with Gasteiger partial charge in [-0.1, -0.05) is 0 Å². The minimum atomic E-state index is -0.405. The summed E-state index contributed by atoms with van der Waals surface area (Å²) in [6.07, 6.45) is 4.47. The first kappa shape index (κ1) is 12.0. The molecule has 7 nitrogen and oxygen atoms in total. The summed E-state index contributed by atoms with van der Waals surface area (Å²) in [5.41, 5.74) is 3.20. The van der Waals surface area contributed by atoms with Crippen LogP contribution in [-0.2, 0) is 0 Å². The number of hydrazone groups is 1. The average Bonchev–Trinajstić information content (AvgIpc) is 3.20. The van der Waals surface area contributed by atoms with Gasteiger partial charge in [0.15, 0.2) is 5.76 Å². The van der Waals surface area contributed by atoms with Crippen molar-refractivity contribution in [2.45, 2.75) is 0 Å². The number of nitrogens with zero attached hydrogens (tertiary/aromatic N) is 2. The van der Waals surface area contributed by atoms with Gasteiger partial charge in [-0.25, -0.2) is 5.43 Å². The van der Waals surface area contributed by atoms with Gasteiger partial charge in [0.2, 0.25) is 0 Å². The van der Waals surface area contributed by atoms with Crippen LogP contribution in [0.3, 0.4) is 0 Å². The third-order valence-electron chi connectivity index (χ3n) is 2.50. The number of furan rings is 2. The fourth-order valence-electron chi connectivity index (χ4n) is 1.57. The maximum Gasteiger partial charge on any atom is 0.289 e. The second-order valence-electron chi connectivity index (χ2n) is 3.86. The van der Waals surface area contributed by atoms with Crippen molar-refractivity contribution in [2.24, 2.45) is 5.10 Å². The molecule has 20 heavy (non-hydrogen) atoms. The molecule has 0 aliphatic carbocycles. The van der Waals surface area contributed by atoms with Crippen LogP contribution in [-0.4, -0.2) is 22.3 Å². The monoisotopic (exact) mass is 270 g/mol. The number of carbonyl (C=O) groups is 1. The maximum absolute atomic E-state index is 11.8. The Balaban J connectivity index is 1.66. The van der Waals surface area contributed by atoms with Crippen LogP contribution in [0.4, 0.5) is 0 Å². The van der Waals surface area contributed by atoms with Crippen LogP contribution >= 0.6 is 0 Å². The molecule has 0 radical (unpaired) electrons. The first-order chi connectivity index (χ1) is 9.83. The van der Waals surface area contributed by atoms with Gasteiger partial charge in [-0.05, 0) is 24.3 Å². The Labute approximate surface area is 113 Å². The van der Waals surface area contributed by atoms with E-state index >= 15 is 0 Å². The molecular formula is C13H10N4O3. The van der Waals surface area contributed by atoms with Gasteiger partial charge in [0.1, 0.15) is 17.1 Å². The van der Waals surface area contributed by atoms with Crippen LogP contribution < -0.4 is 5.43 Å². The number of nitrogens with one attached hydrogen (secondary N) is 2. The molecule has 0 bridgehead atoms. The van der Waals surface area contributed by atoms with Gasteiger partial charge < -0.3 is 8.83 Å². The van der Waals surface area contributed by atoms with Crippen LogP contribution in [0.2, 0.25) is 0 Å². The molecule has 1 amide bonds. The number of rotatable bonds is 4. The van der Waals surface area contributed by atoms with E-state index in [4.69, 9.17) is 8.83 Å². The molecule has 3 aromatic heterocycles. The quantitative estimate of drug-likeness (QED) is 0.560. The van der Waals surface area contributed by atoms with Crippen LogP contribution in [0.15, 0.2) is 56.8 Å². The van der Waals surface area contributed by atoms with Crippen molar-refractivity contribution < 1.29 is 13.6 Å². The van der Waals surface area contributed by atoms with Gasteiger partial charge in [0, 0.05) is 6.07 Å². The zero-order valence-corrected chi connectivity index (χ0v) is 10.2. The molecule has 100 valence electrons. The molecule has 3 heterocycles. The Morgan fingerprint density at radius 3 is 2.90 bits per heavy atom. The first-order valence-electron chi connectivity index (χ1n) is 5.79.